The molecule has 8 heterocycles. The second-order valence-electron chi connectivity index (χ2n) is 15.5. The van der Waals surface area contributed by atoms with Gasteiger partial charge in [-0.1, -0.05) is 6.07 Å². The van der Waals surface area contributed by atoms with Crippen LogP contribution < -0.4 is 15.0 Å². The lowest BCUT2D eigenvalue weighted by atomic mass is 10.1. The molecule has 0 saturated carbocycles. The normalized spacial score (nSPS) is 23.7. The third kappa shape index (κ3) is 6.56. The molecule has 4 aliphatic rings. The summed E-state index contributed by atoms with van der Waals surface area (Å²) in [5, 5.41) is 9.00. The van der Waals surface area contributed by atoms with E-state index in [2.05, 4.69) is 10.2 Å². The molecular formula is C41H43F2N11O4. The largest absolute Gasteiger partial charge is 0.490 e. The molecular weight excluding hydrogens is 749 g/mol. The van der Waals surface area contributed by atoms with Gasteiger partial charge in [0.2, 0.25) is 5.91 Å². The number of nitrogens with zero attached hydrogens (tertiary/aromatic N) is 10. The SMILES string of the molecule is CO[C@H]1CN(C)C(=O)[C@@H]2C[C@@H](CN2c2nc3nc4c2cnn4-c2ccc(F)cc2OCCN2CCO[C@H](C3)C2)Nc2cccc(n2)-c2cc(F)cc3nc(C)n(c23)C1. The number of hydrogen-bond acceptors (Lipinski definition) is 12. The molecule has 15 nitrogen and oxygen atoms in total. The molecule has 5 atom stereocenters. The molecule has 2 saturated heterocycles. The average molecular weight is 792 g/mol. The standard InChI is InChI=1S/C41H43F2N11O4/c1-23-45-32-14-25(43)13-29-31-5-4-6-36(47-31)46-26-16-34(41(55)50(2)20-28(56-3)22-52(23)38(29)32)53(19-26)39-30-18-44-54-33-8-7-24(42)15-35(33)58-12-10-51-9-11-57-27(21-51)17-37(48-39)49-40(30)54/h4-8,13-15,18,26-28,34H,9-12,16-17,19-22H2,1-3H3,(H,46,47)/t26-,27+,28-,34-/m0/s1. The zero-order valence-electron chi connectivity index (χ0n) is 32.4. The summed E-state index contributed by atoms with van der Waals surface area (Å²) in [5.41, 5.74) is 3.51. The molecule has 300 valence electrons. The molecule has 2 aromatic carbocycles. The van der Waals surface area contributed by atoms with Crippen LogP contribution in [0.5, 0.6) is 5.75 Å². The van der Waals surface area contributed by atoms with E-state index >= 15 is 4.39 Å². The van der Waals surface area contributed by atoms with Crippen molar-refractivity contribution in [2.45, 2.75) is 50.6 Å². The summed E-state index contributed by atoms with van der Waals surface area (Å²) in [6.07, 6.45) is 1.98. The number of imidazole rings is 1. The number of ether oxygens (including phenoxy) is 3. The molecule has 2 fully saturated rings. The summed E-state index contributed by atoms with van der Waals surface area (Å²) in [4.78, 5) is 40.8. The fraction of sp³-hybridized carbons (Fsp3) is 0.415. The minimum absolute atomic E-state index is 0.107. The molecule has 1 unspecified atom stereocenters. The number of morpholine rings is 1. The van der Waals surface area contributed by atoms with E-state index in [1.807, 2.05) is 34.6 Å². The van der Waals surface area contributed by atoms with E-state index in [1.54, 1.807) is 36.0 Å². The topological polar surface area (TPSA) is 141 Å². The number of nitrogens with one attached hydrogen (secondary N) is 1. The molecule has 1 N–H and O–H groups in total. The predicted molar refractivity (Wildman–Crippen MR) is 211 cm³/mol. The van der Waals surface area contributed by atoms with Gasteiger partial charge in [0.15, 0.2) is 5.65 Å². The molecule has 58 heavy (non-hydrogen) atoms. The number of fused-ring (bicyclic) bond motifs is 10. The van der Waals surface area contributed by atoms with Crippen molar-refractivity contribution >= 4 is 39.6 Å². The third-order valence-electron chi connectivity index (χ3n) is 11.7. The zero-order chi connectivity index (χ0) is 39.7. The first-order chi connectivity index (χ1) is 28.2. The molecule has 1 amide bonds. The number of benzene rings is 2. The van der Waals surface area contributed by atoms with Crippen LogP contribution in [0.2, 0.25) is 0 Å². The maximum atomic E-state index is 15.1. The number of amides is 1. The highest BCUT2D eigenvalue weighted by molar-refractivity contribution is 5.94. The van der Waals surface area contributed by atoms with Gasteiger partial charge in [-0.25, -0.2) is 33.4 Å². The minimum Gasteiger partial charge on any atom is -0.490 e. The number of halogens is 2. The van der Waals surface area contributed by atoms with Gasteiger partial charge in [0, 0.05) is 77.0 Å². The monoisotopic (exact) mass is 791 g/mol. The summed E-state index contributed by atoms with van der Waals surface area (Å²) in [7, 11) is 3.42. The van der Waals surface area contributed by atoms with Crippen molar-refractivity contribution in [2.24, 2.45) is 0 Å². The highest BCUT2D eigenvalue weighted by Gasteiger charge is 2.41. The Hall–Kier alpha value is -5.78. The van der Waals surface area contributed by atoms with Crippen molar-refractivity contribution in [3.05, 3.63) is 78.0 Å². The summed E-state index contributed by atoms with van der Waals surface area (Å²) >= 11 is 0. The lowest BCUT2D eigenvalue weighted by molar-refractivity contribution is -0.132. The van der Waals surface area contributed by atoms with E-state index in [1.165, 1.54) is 24.3 Å². The van der Waals surface area contributed by atoms with Crippen molar-refractivity contribution in [1.29, 1.82) is 0 Å². The highest BCUT2D eigenvalue weighted by atomic mass is 19.1. The van der Waals surface area contributed by atoms with Gasteiger partial charge in [0.25, 0.3) is 0 Å². The molecule has 10 rings (SSSR count). The van der Waals surface area contributed by atoms with E-state index in [-0.39, 0.29) is 24.6 Å². The van der Waals surface area contributed by atoms with Crippen LogP contribution in [0, 0.1) is 18.6 Å². The summed E-state index contributed by atoms with van der Waals surface area (Å²) < 4.78 is 51.9. The van der Waals surface area contributed by atoms with Crippen molar-refractivity contribution in [2.75, 3.05) is 70.3 Å². The van der Waals surface area contributed by atoms with Crippen molar-refractivity contribution < 1.29 is 27.8 Å². The second-order valence-corrected chi connectivity index (χ2v) is 15.5. The first-order valence-corrected chi connectivity index (χ1v) is 19.6. The predicted octanol–water partition coefficient (Wildman–Crippen LogP) is 4.00. The number of aryl methyl sites for hydroxylation is 1. The number of pyridine rings is 1. The number of carbonyl (C=O) groups is 1. The van der Waals surface area contributed by atoms with Crippen LogP contribution in [0.15, 0.2) is 54.7 Å². The summed E-state index contributed by atoms with van der Waals surface area (Å²) in [6.45, 7) is 5.89. The van der Waals surface area contributed by atoms with E-state index in [9.17, 15) is 9.18 Å². The van der Waals surface area contributed by atoms with Gasteiger partial charge in [-0.15, -0.1) is 0 Å². The van der Waals surface area contributed by atoms with Crippen LogP contribution in [-0.2, 0) is 27.2 Å². The highest BCUT2D eigenvalue weighted by Crippen LogP contribution is 2.36. The van der Waals surface area contributed by atoms with Crippen molar-refractivity contribution in [3.63, 3.8) is 0 Å². The second kappa shape index (κ2) is 14.6. The average Bonchev–Trinajstić information content (AvgIpc) is 3.91. The number of hydrogen-bond donors (Lipinski definition) is 1. The number of methoxy groups -OCH3 is 1. The van der Waals surface area contributed by atoms with Gasteiger partial charge >= 0.3 is 0 Å². The lowest BCUT2D eigenvalue weighted by Gasteiger charge is -2.33. The fourth-order valence-electron chi connectivity index (χ4n) is 8.91. The van der Waals surface area contributed by atoms with Gasteiger partial charge in [-0.3, -0.25) is 9.69 Å². The van der Waals surface area contributed by atoms with Crippen LogP contribution in [0.1, 0.15) is 18.1 Å². The minimum atomic E-state index is -0.635. The zero-order valence-corrected chi connectivity index (χ0v) is 32.4. The summed E-state index contributed by atoms with van der Waals surface area (Å²) in [5.74, 6) is 1.79. The van der Waals surface area contributed by atoms with Gasteiger partial charge in [0.1, 0.15) is 59.0 Å². The molecule has 8 bridgehead atoms. The van der Waals surface area contributed by atoms with Crippen molar-refractivity contribution in [3.8, 4) is 22.7 Å². The first kappa shape index (κ1) is 36.6. The third-order valence-corrected chi connectivity index (χ3v) is 11.7. The van der Waals surface area contributed by atoms with E-state index in [4.69, 9.17) is 39.2 Å². The Morgan fingerprint density at radius 2 is 1.83 bits per heavy atom. The van der Waals surface area contributed by atoms with Crippen molar-refractivity contribution in [1.82, 2.24) is 44.1 Å². The molecule has 4 aliphatic heterocycles. The first-order valence-electron chi connectivity index (χ1n) is 19.6. The van der Waals surface area contributed by atoms with Gasteiger partial charge < -0.3 is 33.9 Å². The lowest BCUT2D eigenvalue weighted by Crippen LogP contribution is -2.47. The smallest absolute Gasteiger partial charge is 0.245 e. The van der Waals surface area contributed by atoms with E-state index in [0.717, 1.165) is 12.1 Å². The number of aromatic nitrogens is 7. The van der Waals surface area contributed by atoms with Crippen LogP contribution in [0.3, 0.4) is 0 Å². The van der Waals surface area contributed by atoms with Gasteiger partial charge in [-0.05, 0) is 43.7 Å². The maximum Gasteiger partial charge on any atom is 0.245 e. The quantitative estimate of drug-likeness (QED) is 0.271. The van der Waals surface area contributed by atoms with Crippen LogP contribution in [-0.4, -0.2) is 134 Å². The number of carbonyl (C=O) groups excluding carboxylic acids is 1. The van der Waals surface area contributed by atoms with Gasteiger partial charge in [0.05, 0.1) is 53.7 Å². The Kier molecular flexibility index (Phi) is 9.17. The Bertz CT molecular complexity index is 2560. The van der Waals surface area contributed by atoms with Gasteiger partial charge in [-0.2, -0.15) is 5.10 Å². The maximum absolute atomic E-state index is 15.1. The van der Waals surface area contributed by atoms with E-state index < -0.39 is 23.8 Å². The summed E-state index contributed by atoms with van der Waals surface area (Å²) in [6, 6.07) is 12.1. The fourth-order valence-corrected chi connectivity index (χ4v) is 8.91. The Labute approximate surface area is 332 Å². The number of likely N-dealkylation sites (N-methyl/N-ethyl adjacent to an activating group) is 1. The Morgan fingerprint density at radius 1 is 0.948 bits per heavy atom. The number of anilines is 2. The van der Waals surface area contributed by atoms with Crippen LogP contribution in [0.25, 0.3) is 39.0 Å². The molecule has 0 aliphatic carbocycles. The molecule has 0 radical (unpaired) electrons. The molecule has 17 heteroatoms. The molecule has 0 spiro atoms. The van der Waals surface area contributed by atoms with Crippen LogP contribution in [0.4, 0.5) is 20.4 Å². The number of rotatable bonds is 2. The Morgan fingerprint density at radius 3 is 2.71 bits per heavy atom. The van der Waals surface area contributed by atoms with Crippen LogP contribution >= 0.6 is 0 Å². The Balaban J connectivity index is 1.10. The molecule has 6 aromatic rings. The molecule has 4 aromatic heterocycles. The van der Waals surface area contributed by atoms with E-state index in [0.29, 0.717) is 115 Å².